The zero-order chi connectivity index (χ0) is 21.2. The van der Waals surface area contributed by atoms with E-state index < -0.39 is 39.5 Å². The lowest BCUT2D eigenvalue weighted by Crippen LogP contribution is -2.40. The predicted octanol–water partition coefficient (Wildman–Crippen LogP) is 2.07. The van der Waals surface area contributed by atoms with Crippen LogP contribution in [0, 0.1) is 17.6 Å². The molecule has 29 heavy (non-hydrogen) atoms. The lowest BCUT2D eigenvalue weighted by Gasteiger charge is -2.34. The fourth-order valence-electron chi connectivity index (χ4n) is 3.90. The van der Waals surface area contributed by atoms with E-state index >= 15 is 0 Å². The molecule has 1 aromatic rings. The molecule has 7 nitrogen and oxygen atoms in total. The van der Waals surface area contributed by atoms with Crippen LogP contribution in [-0.2, 0) is 23.9 Å². The SMILES string of the molecule is CS(=O)(=O)OCCC1CCN(c2cc(F)c(C3CCC(=O)NC3=O)c(F)c2)CC1. The molecule has 3 rings (SSSR count). The fourth-order valence-corrected chi connectivity index (χ4v) is 4.30. The minimum Gasteiger partial charge on any atom is -0.371 e. The van der Waals surface area contributed by atoms with Crippen LogP contribution in [0.15, 0.2) is 12.1 Å². The van der Waals surface area contributed by atoms with Crippen molar-refractivity contribution < 1.29 is 31.0 Å². The summed E-state index contributed by atoms with van der Waals surface area (Å²) in [5.74, 6) is -3.43. The molecule has 0 saturated carbocycles. The zero-order valence-electron chi connectivity index (χ0n) is 16.1. The minimum atomic E-state index is -3.45. The number of nitrogens with zero attached hydrogens (tertiary/aromatic N) is 1. The Bertz CT molecular complexity index is 875. The fraction of sp³-hybridized carbons (Fsp3) is 0.579. The van der Waals surface area contributed by atoms with Gasteiger partial charge in [-0.2, -0.15) is 8.42 Å². The molecule has 2 saturated heterocycles. The number of rotatable bonds is 6. The Hall–Kier alpha value is -2.07. The third-order valence-corrected chi connectivity index (χ3v) is 6.05. The summed E-state index contributed by atoms with van der Waals surface area (Å²) in [6, 6.07) is 2.46. The molecule has 2 aliphatic rings. The number of benzene rings is 1. The Morgan fingerprint density at radius 2 is 1.76 bits per heavy atom. The van der Waals surface area contributed by atoms with Crippen molar-refractivity contribution in [2.75, 3.05) is 30.9 Å². The molecule has 2 heterocycles. The lowest BCUT2D eigenvalue weighted by atomic mass is 9.89. The van der Waals surface area contributed by atoms with E-state index in [9.17, 15) is 26.8 Å². The average Bonchev–Trinajstić information content (AvgIpc) is 2.62. The average molecular weight is 430 g/mol. The van der Waals surface area contributed by atoms with Gasteiger partial charge in [0.15, 0.2) is 0 Å². The summed E-state index contributed by atoms with van der Waals surface area (Å²) >= 11 is 0. The first kappa shape index (κ1) is 21.6. The molecular weight excluding hydrogens is 406 g/mol. The van der Waals surface area contributed by atoms with Crippen molar-refractivity contribution in [2.45, 2.75) is 38.0 Å². The highest BCUT2D eigenvalue weighted by atomic mass is 32.2. The number of carbonyl (C=O) groups is 2. The number of carbonyl (C=O) groups excluding carboxylic acids is 2. The summed E-state index contributed by atoms with van der Waals surface area (Å²) in [5, 5.41) is 2.12. The molecule has 0 spiro atoms. The molecule has 1 N–H and O–H groups in total. The summed E-state index contributed by atoms with van der Waals surface area (Å²) in [6.45, 7) is 1.30. The van der Waals surface area contributed by atoms with Crippen LogP contribution in [0.5, 0.6) is 0 Å². The molecule has 1 atom stereocenters. The van der Waals surface area contributed by atoms with Gasteiger partial charge in [0.05, 0.1) is 18.8 Å². The third kappa shape index (κ3) is 5.51. The summed E-state index contributed by atoms with van der Waals surface area (Å²) in [6.07, 6.45) is 3.26. The quantitative estimate of drug-likeness (QED) is 0.549. The summed E-state index contributed by atoms with van der Waals surface area (Å²) in [5.41, 5.74) is 0.105. The second-order valence-corrected chi connectivity index (χ2v) is 9.22. The predicted molar refractivity (Wildman–Crippen MR) is 102 cm³/mol. The van der Waals surface area contributed by atoms with Crippen molar-refractivity contribution in [3.8, 4) is 0 Å². The van der Waals surface area contributed by atoms with Crippen molar-refractivity contribution in [2.24, 2.45) is 5.92 Å². The van der Waals surface area contributed by atoms with Crippen LogP contribution >= 0.6 is 0 Å². The highest BCUT2D eigenvalue weighted by Gasteiger charge is 2.33. The van der Waals surface area contributed by atoms with E-state index in [0.29, 0.717) is 25.2 Å². The molecule has 1 unspecified atom stereocenters. The number of imide groups is 1. The summed E-state index contributed by atoms with van der Waals surface area (Å²) in [7, 11) is -3.45. The van der Waals surface area contributed by atoms with Gasteiger partial charge in [-0.1, -0.05) is 0 Å². The second kappa shape index (κ2) is 8.74. The van der Waals surface area contributed by atoms with Gasteiger partial charge in [0, 0.05) is 30.8 Å². The topological polar surface area (TPSA) is 92.8 Å². The van der Waals surface area contributed by atoms with Gasteiger partial charge in [-0.15, -0.1) is 0 Å². The van der Waals surface area contributed by atoms with E-state index in [-0.39, 0.29) is 30.9 Å². The molecule has 0 bridgehead atoms. The molecule has 160 valence electrons. The van der Waals surface area contributed by atoms with Crippen LogP contribution in [-0.4, -0.2) is 46.2 Å². The van der Waals surface area contributed by atoms with E-state index in [1.807, 2.05) is 4.90 Å². The van der Waals surface area contributed by atoms with Gasteiger partial charge in [-0.3, -0.25) is 19.1 Å². The van der Waals surface area contributed by atoms with Crippen LogP contribution in [0.2, 0.25) is 0 Å². The summed E-state index contributed by atoms with van der Waals surface area (Å²) in [4.78, 5) is 25.1. The van der Waals surface area contributed by atoms with Crippen LogP contribution in [0.1, 0.15) is 43.6 Å². The third-order valence-electron chi connectivity index (χ3n) is 5.45. The van der Waals surface area contributed by atoms with Gasteiger partial charge in [-0.25, -0.2) is 8.78 Å². The molecule has 2 amide bonds. The molecule has 0 aromatic heterocycles. The number of piperidine rings is 2. The highest BCUT2D eigenvalue weighted by Crippen LogP contribution is 2.33. The Morgan fingerprint density at radius 3 is 2.31 bits per heavy atom. The maximum Gasteiger partial charge on any atom is 0.264 e. The number of anilines is 1. The first-order valence-corrected chi connectivity index (χ1v) is 11.4. The van der Waals surface area contributed by atoms with Gasteiger partial charge >= 0.3 is 0 Å². The Labute approximate surface area is 168 Å². The molecule has 0 aliphatic carbocycles. The molecule has 10 heteroatoms. The first-order chi connectivity index (χ1) is 13.6. The monoisotopic (exact) mass is 430 g/mol. The molecule has 1 aromatic carbocycles. The standard InChI is InChI=1S/C19H24F2N2O5S/c1-29(26,27)28-9-6-12-4-7-23(8-5-12)13-10-15(20)18(16(21)11-13)14-2-3-17(24)22-19(14)25/h10-12,14H,2-9H2,1H3,(H,22,24,25). The van der Waals surface area contributed by atoms with Crippen molar-refractivity contribution in [1.82, 2.24) is 5.32 Å². The van der Waals surface area contributed by atoms with Crippen LogP contribution in [0.25, 0.3) is 0 Å². The van der Waals surface area contributed by atoms with Gasteiger partial charge in [0.1, 0.15) is 11.6 Å². The van der Waals surface area contributed by atoms with E-state index in [2.05, 4.69) is 5.32 Å². The van der Waals surface area contributed by atoms with Crippen molar-refractivity contribution >= 4 is 27.6 Å². The van der Waals surface area contributed by atoms with Crippen molar-refractivity contribution in [1.29, 1.82) is 0 Å². The lowest BCUT2D eigenvalue weighted by molar-refractivity contribution is -0.134. The normalized spacial score (nSPS) is 21.3. The number of halogens is 2. The minimum absolute atomic E-state index is 0.0492. The molecule has 0 radical (unpaired) electrons. The number of nitrogens with one attached hydrogen (secondary N) is 1. The molecule has 2 aliphatic heterocycles. The van der Waals surface area contributed by atoms with Crippen LogP contribution in [0.4, 0.5) is 14.5 Å². The Morgan fingerprint density at radius 1 is 1.14 bits per heavy atom. The second-order valence-electron chi connectivity index (χ2n) is 7.57. The van der Waals surface area contributed by atoms with Crippen molar-refractivity contribution in [3.05, 3.63) is 29.3 Å². The van der Waals surface area contributed by atoms with E-state index in [0.717, 1.165) is 19.1 Å². The summed E-state index contributed by atoms with van der Waals surface area (Å²) < 4.78 is 56.1. The zero-order valence-corrected chi connectivity index (χ0v) is 16.9. The largest absolute Gasteiger partial charge is 0.371 e. The Kier molecular flexibility index (Phi) is 6.52. The van der Waals surface area contributed by atoms with Crippen LogP contribution < -0.4 is 10.2 Å². The van der Waals surface area contributed by atoms with E-state index in [4.69, 9.17) is 4.18 Å². The maximum absolute atomic E-state index is 14.7. The number of hydrogen-bond acceptors (Lipinski definition) is 6. The van der Waals surface area contributed by atoms with Gasteiger partial charge in [0.2, 0.25) is 11.8 Å². The van der Waals surface area contributed by atoms with E-state index in [1.54, 1.807) is 0 Å². The van der Waals surface area contributed by atoms with Gasteiger partial charge < -0.3 is 4.90 Å². The van der Waals surface area contributed by atoms with Crippen LogP contribution in [0.3, 0.4) is 0 Å². The van der Waals surface area contributed by atoms with Crippen molar-refractivity contribution in [3.63, 3.8) is 0 Å². The highest BCUT2D eigenvalue weighted by molar-refractivity contribution is 7.85. The van der Waals surface area contributed by atoms with Gasteiger partial charge in [-0.05, 0) is 43.7 Å². The maximum atomic E-state index is 14.7. The molecular formula is C19H24F2N2O5S. The molecule has 2 fully saturated rings. The van der Waals surface area contributed by atoms with E-state index in [1.165, 1.54) is 12.1 Å². The van der Waals surface area contributed by atoms with Gasteiger partial charge in [0.25, 0.3) is 10.1 Å². The Balaban J connectivity index is 1.63. The number of hydrogen-bond donors (Lipinski definition) is 1. The first-order valence-electron chi connectivity index (χ1n) is 9.56. The smallest absolute Gasteiger partial charge is 0.264 e. The number of amides is 2.